The van der Waals surface area contributed by atoms with Gasteiger partial charge in [-0.05, 0) is 31.9 Å². The molecule has 0 saturated carbocycles. The van der Waals surface area contributed by atoms with Gasteiger partial charge in [0.05, 0.1) is 0 Å². The van der Waals surface area contributed by atoms with Gasteiger partial charge in [0.1, 0.15) is 18.7 Å². The molecule has 19 heavy (non-hydrogen) atoms. The summed E-state index contributed by atoms with van der Waals surface area (Å²) in [7, 11) is 0. The molecule has 0 fully saturated rings. The van der Waals surface area contributed by atoms with E-state index in [9.17, 15) is 0 Å². The van der Waals surface area contributed by atoms with E-state index in [0.29, 0.717) is 13.0 Å². The van der Waals surface area contributed by atoms with Crippen molar-refractivity contribution in [1.82, 2.24) is 14.8 Å². The Morgan fingerprint density at radius 1 is 1.32 bits per heavy atom. The molecule has 0 aliphatic carbocycles. The fourth-order valence-corrected chi connectivity index (χ4v) is 1.92. The first-order chi connectivity index (χ1) is 9.22. The molecule has 5 nitrogen and oxygen atoms in total. The number of aliphatic hydroxyl groups excluding tert-OH is 1. The standard InChI is InChI=1S/C14H19N3O2/c1-11(2)17-14(15-10-16-17)9-19-13-6-4-3-5-12(13)7-8-18/h3-6,10-11,18H,7-9H2,1-2H3. The van der Waals surface area contributed by atoms with Crippen molar-refractivity contribution in [3.8, 4) is 5.75 Å². The molecule has 1 aromatic heterocycles. The van der Waals surface area contributed by atoms with Crippen LogP contribution in [0.1, 0.15) is 31.3 Å². The number of benzene rings is 1. The van der Waals surface area contributed by atoms with Gasteiger partial charge in [0.15, 0.2) is 5.82 Å². The molecule has 0 bridgehead atoms. The molecule has 1 N–H and O–H groups in total. The summed E-state index contributed by atoms with van der Waals surface area (Å²) >= 11 is 0. The van der Waals surface area contributed by atoms with Crippen molar-refractivity contribution in [2.24, 2.45) is 0 Å². The van der Waals surface area contributed by atoms with Crippen molar-refractivity contribution < 1.29 is 9.84 Å². The van der Waals surface area contributed by atoms with E-state index in [-0.39, 0.29) is 12.6 Å². The van der Waals surface area contributed by atoms with E-state index in [0.717, 1.165) is 17.1 Å². The molecule has 0 unspecified atom stereocenters. The minimum atomic E-state index is 0.114. The summed E-state index contributed by atoms with van der Waals surface area (Å²) in [4.78, 5) is 4.21. The first-order valence-corrected chi connectivity index (χ1v) is 6.42. The summed E-state index contributed by atoms with van der Waals surface area (Å²) in [6, 6.07) is 7.98. The topological polar surface area (TPSA) is 60.2 Å². The summed E-state index contributed by atoms with van der Waals surface area (Å²) in [5, 5.41) is 13.2. The zero-order chi connectivity index (χ0) is 13.7. The van der Waals surface area contributed by atoms with Gasteiger partial charge in [-0.25, -0.2) is 9.67 Å². The molecule has 0 amide bonds. The number of ether oxygens (including phenoxy) is 1. The molecule has 2 rings (SSSR count). The lowest BCUT2D eigenvalue weighted by atomic mass is 10.1. The highest BCUT2D eigenvalue weighted by molar-refractivity contribution is 5.33. The van der Waals surface area contributed by atoms with Gasteiger partial charge < -0.3 is 9.84 Å². The van der Waals surface area contributed by atoms with Gasteiger partial charge in [-0.2, -0.15) is 5.10 Å². The maximum atomic E-state index is 9.03. The Kier molecular flexibility index (Phi) is 4.52. The molecule has 5 heteroatoms. The van der Waals surface area contributed by atoms with Crippen molar-refractivity contribution in [1.29, 1.82) is 0 Å². The first kappa shape index (κ1) is 13.5. The average Bonchev–Trinajstić information content (AvgIpc) is 2.86. The number of rotatable bonds is 6. The van der Waals surface area contributed by atoms with E-state index in [1.54, 1.807) is 6.33 Å². The molecule has 102 valence electrons. The van der Waals surface area contributed by atoms with Crippen LogP contribution in [-0.2, 0) is 13.0 Å². The lowest BCUT2D eigenvalue weighted by molar-refractivity contribution is 0.271. The minimum Gasteiger partial charge on any atom is -0.485 e. The van der Waals surface area contributed by atoms with Gasteiger partial charge in [0.2, 0.25) is 0 Å². The van der Waals surface area contributed by atoms with E-state index in [1.807, 2.05) is 28.9 Å². The zero-order valence-corrected chi connectivity index (χ0v) is 11.3. The Hall–Kier alpha value is -1.88. The fraction of sp³-hybridized carbons (Fsp3) is 0.429. The number of para-hydroxylation sites is 1. The van der Waals surface area contributed by atoms with Crippen molar-refractivity contribution in [2.75, 3.05) is 6.61 Å². The molecular weight excluding hydrogens is 242 g/mol. The van der Waals surface area contributed by atoms with Gasteiger partial charge in [0.25, 0.3) is 0 Å². The highest BCUT2D eigenvalue weighted by Crippen LogP contribution is 2.19. The molecule has 1 heterocycles. The SMILES string of the molecule is CC(C)n1ncnc1COc1ccccc1CCO. The van der Waals surface area contributed by atoms with E-state index in [1.165, 1.54) is 0 Å². The quantitative estimate of drug-likeness (QED) is 0.863. The molecule has 0 aliphatic heterocycles. The van der Waals surface area contributed by atoms with Crippen LogP contribution in [0.3, 0.4) is 0 Å². The first-order valence-electron chi connectivity index (χ1n) is 6.42. The van der Waals surface area contributed by atoms with Crippen molar-refractivity contribution in [3.05, 3.63) is 42.0 Å². The molecule has 0 saturated heterocycles. The van der Waals surface area contributed by atoms with Crippen molar-refractivity contribution >= 4 is 0 Å². The maximum absolute atomic E-state index is 9.03. The van der Waals surface area contributed by atoms with Crippen LogP contribution in [0.15, 0.2) is 30.6 Å². The number of aliphatic hydroxyl groups is 1. The zero-order valence-electron chi connectivity index (χ0n) is 11.3. The van der Waals surface area contributed by atoms with Crippen molar-refractivity contribution in [3.63, 3.8) is 0 Å². The monoisotopic (exact) mass is 261 g/mol. The van der Waals surface area contributed by atoms with Crippen LogP contribution in [0.5, 0.6) is 5.75 Å². The number of hydrogen-bond donors (Lipinski definition) is 1. The smallest absolute Gasteiger partial charge is 0.165 e. The Labute approximate surface area is 112 Å². The summed E-state index contributed by atoms with van der Waals surface area (Å²) < 4.78 is 7.63. The Bertz CT molecular complexity index is 523. The van der Waals surface area contributed by atoms with Crippen LogP contribution in [0.2, 0.25) is 0 Å². The Morgan fingerprint density at radius 2 is 2.11 bits per heavy atom. The second kappa shape index (κ2) is 6.33. The van der Waals surface area contributed by atoms with Crippen LogP contribution < -0.4 is 4.74 Å². The average molecular weight is 261 g/mol. The normalized spacial score (nSPS) is 10.9. The highest BCUT2D eigenvalue weighted by Gasteiger charge is 2.09. The molecule has 0 atom stereocenters. The van der Waals surface area contributed by atoms with Crippen LogP contribution >= 0.6 is 0 Å². The lowest BCUT2D eigenvalue weighted by Crippen LogP contribution is -2.11. The molecule has 1 aromatic carbocycles. The lowest BCUT2D eigenvalue weighted by Gasteiger charge is -2.12. The maximum Gasteiger partial charge on any atom is 0.165 e. The van der Waals surface area contributed by atoms with E-state index >= 15 is 0 Å². The summed E-state index contributed by atoms with van der Waals surface area (Å²) in [5.74, 6) is 1.59. The third-order valence-electron chi connectivity index (χ3n) is 2.85. The molecule has 0 spiro atoms. The third kappa shape index (κ3) is 3.32. The van der Waals surface area contributed by atoms with Gasteiger partial charge >= 0.3 is 0 Å². The number of hydrogen-bond acceptors (Lipinski definition) is 4. The van der Waals surface area contributed by atoms with Gasteiger partial charge in [-0.15, -0.1) is 0 Å². The van der Waals surface area contributed by atoms with Crippen LogP contribution in [-0.4, -0.2) is 26.5 Å². The highest BCUT2D eigenvalue weighted by atomic mass is 16.5. The molecule has 0 aliphatic rings. The summed E-state index contributed by atoms with van der Waals surface area (Å²) in [6.07, 6.45) is 2.13. The predicted octanol–water partition coefficient (Wildman–Crippen LogP) is 1.97. The third-order valence-corrected chi connectivity index (χ3v) is 2.85. The van der Waals surface area contributed by atoms with E-state index in [4.69, 9.17) is 9.84 Å². The molecular formula is C14H19N3O2. The van der Waals surface area contributed by atoms with Crippen molar-refractivity contribution in [2.45, 2.75) is 32.9 Å². The predicted molar refractivity (Wildman–Crippen MR) is 72.0 cm³/mol. The van der Waals surface area contributed by atoms with E-state index in [2.05, 4.69) is 23.9 Å². The Balaban J connectivity index is 2.08. The Morgan fingerprint density at radius 3 is 2.84 bits per heavy atom. The van der Waals surface area contributed by atoms with Crippen LogP contribution in [0, 0.1) is 0 Å². The minimum absolute atomic E-state index is 0.114. The van der Waals surface area contributed by atoms with E-state index < -0.39 is 0 Å². The number of aromatic nitrogens is 3. The largest absolute Gasteiger partial charge is 0.485 e. The van der Waals surface area contributed by atoms with Gasteiger partial charge in [-0.1, -0.05) is 18.2 Å². The molecule has 2 aromatic rings. The van der Waals surface area contributed by atoms with Gasteiger partial charge in [0, 0.05) is 12.6 Å². The van der Waals surface area contributed by atoms with Crippen LogP contribution in [0.4, 0.5) is 0 Å². The second-order valence-electron chi connectivity index (χ2n) is 4.58. The number of nitrogens with zero attached hydrogens (tertiary/aromatic N) is 3. The van der Waals surface area contributed by atoms with Gasteiger partial charge in [-0.3, -0.25) is 0 Å². The molecule has 0 radical (unpaired) electrons. The second-order valence-corrected chi connectivity index (χ2v) is 4.58. The van der Waals surface area contributed by atoms with Crippen LogP contribution in [0.25, 0.3) is 0 Å². The summed E-state index contributed by atoms with van der Waals surface area (Å²) in [5.41, 5.74) is 1.00. The fourth-order valence-electron chi connectivity index (χ4n) is 1.92. The summed E-state index contributed by atoms with van der Waals surface area (Å²) in [6.45, 7) is 4.60.